The van der Waals surface area contributed by atoms with E-state index in [1.807, 2.05) is 32.9 Å². The van der Waals surface area contributed by atoms with Crippen molar-refractivity contribution in [3.05, 3.63) is 90.0 Å². The SMILES string of the molecule is CC[C@@H](C)NC(=O)[C@H](C)N(Cc1cccc(OC)c1)C(=O)CN(c1cccc(C)c1)S(=O)(=O)c1ccccc1. The minimum atomic E-state index is -4.09. The van der Waals surface area contributed by atoms with Gasteiger partial charge in [0.15, 0.2) is 0 Å². The number of ether oxygens (including phenoxy) is 1. The number of sulfonamides is 1. The normalized spacial score (nSPS) is 12.7. The van der Waals surface area contributed by atoms with Gasteiger partial charge >= 0.3 is 0 Å². The van der Waals surface area contributed by atoms with E-state index in [0.29, 0.717) is 11.4 Å². The van der Waals surface area contributed by atoms with E-state index in [-0.39, 0.29) is 23.4 Å². The number of amides is 2. The second kappa shape index (κ2) is 13.3. The molecule has 3 aromatic carbocycles. The number of carbonyl (C=O) groups is 2. The smallest absolute Gasteiger partial charge is 0.264 e. The van der Waals surface area contributed by atoms with E-state index in [0.717, 1.165) is 21.9 Å². The summed E-state index contributed by atoms with van der Waals surface area (Å²) >= 11 is 0. The topological polar surface area (TPSA) is 96.0 Å². The minimum absolute atomic E-state index is 0.0706. The molecule has 8 nitrogen and oxygen atoms in total. The van der Waals surface area contributed by atoms with Gasteiger partial charge in [-0.05, 0) is 74.7 Å². The van der Waals surface area contributed by atoms with Crippen molar-refractivity contribution in [2.75, 3.05) is 18.0 Å². The molecule has 2 amide bonds. The molecule has 0 saturated carbocycles. The van der Waals surface area contributed by atoms with Crippen LogP contribution in [-0.2, 0) is 26.2 Å². The number of hydrogen-bond acceptors (Lipinski definition) is 5. The third kappa shape index (κ3) is 7.60. The molecule has 0 saturated heterocycles. The van der Waals surface area contributed by atoms with Crippen LogP contribution in [0.2, 0.25) is 0 Å². The van der Waals surface area contributed by atoms with E-state index in [4.69, 9.17) is 4.74 Å². The Labute approximate surface area is 231 Å². The summed E-state index contributed by atoms with van der Waals surface area (Å²) in [6, 6.07) is 21.3. The summed E-state index contributed by atoms with van der Waals surface area (Å²) in [6.45, 7) is 6.98. The first kappa shape index (κ1) is 29.7. The Hall–Kier alpha value is -3.85. The van der Waals surface area contributed by atoms with Gasteiger partial charge in [-0.1, -0.05) is 49.4 Å². The molecule has 3 aromatic rings. The van der Waals surface area contributed by atoms with Crippen LogP contribution in [0.4, 0.5) is 5.69 Å². The van der Waals surface area contributed by atoms with Crippen molar-refractivity contribution < 1.29 is 22.7 Å². The predicted molar refractivity (Wildman–Crippen MR) is 153 cm³/mol. The van der Waals surface area contributed by atoms with Crippen LogP contribution in [-0.4, -0.2) is 50.9 Å². The van der Waals surface area contributed by atoms with E-state index < -0.39 is 28.5 Å². The molecule has 3 rings (SSSR count). The first-order valence-electron chi connectivity index (χ1n) is 12.9. The predicted octanol–water partition coefficient (Wildman–Crippen LogP) is 4.53. The van der Waals surface area contributed by atoms with Gasteiger partial charge in [-0.3, -0.25) is 13.9 Å². The number of anilines is 1. The molecular formula is C30H37N3O5S. The first-order chi connectivity index (χ1) is 18.6. The van der Waals surface area contributed by atoms with Crippen molar-refractivity contribution in [3.63, 3.8) is 0 Å². The molecule has 0 aliphatic rings. The fourth-order valence-corrected chi connectivity index (χ4v) is 5.47. The molecule has 0 radical (unpaired) electrons. The van der Waals surface area contributed by atoms with Crippen molar-refractivity contribution in [2.24, 2.45) is 0 Å². The van der Waals surface area contributed by atoms with Gasteiger partial charge in [0.25, 0.3) is 10.0 Å². The maximum Gasteiger partial charge on any atom is 0.264 e. The maximum atomic E-state index is 14.0. The standard InChI is InChI=1S/C30H37N3O5S/c1-6-23(3)31-30(35)24(4)32(20-25-13-11-15-27(19-25)38-5)29(34)21-33(26-14-10-12-22(2)18-26)39(36,37)28-16-8-7-9-17-28/h7-19,23-24H,6,20-21H2,1-5H3,(H,31,35)/t23-,24+/m1/s1. The maximum absolute atomic E-state index is 14.0. The summed E-state index contributed by atoms with van der Waals surface area (Å²) in [6.07, 6.45) is 0.735. The average molecular weight is 552 g/mol. The second-order valence-electron chi connectivity index (χ2n) is 9.53. The Bertz CT molecular complexity index is 1380. The number of aryl methyl sites for hydroxylation is 1. The molecule has 0 heterocycles. The number of carbonyl (C=O) groups excluding carboxylic acids is 2. The molecule has 0 fully saturated rings. The zero-order valence-electron chi connectivity index (χ0n) is 23.1. The highest BCUT2D eigenvalue weighted by atomic mass is 32.2. The van der Waals surface area contributed by atoms with Gasteiger partial charge in [-0.25, -0.2) is 8.42 Å². The third-order valence-electron chi connectivity index (χ3n) is 6.56. The van der Waals surface area contributed by atoms with Gasteiger partial charge in [0.2, 0.25) is 11.8 Å². The minimum Gasteiger partial charge on any atom is -0.497 e. The second-order valence-corrected chi connectivity index (χ2v) is 11.4. The summed E-state index contributed by atoms with van der Waals surface area (Å²) in [5.74, 6) is -0.205. The van der Waals surface area contributed by atoms with Crippen LogP contribution in [0.15, 0.2) is 83.8 Å². The van der Waals surface area contributed by atoms with E-state index in [2.05, 4.69) is 5.32 Å². The van der Waals surface area contributed by atoms with Crippen molar-refractivity contribution in [2.45, 2.75) is 57.6 Å². The van der Waals surface area contributed by atoms with Gasteiger partial charge in [-0.15, -0.1) is 0 Å². The molecule has 0 aromatic heterocycles. The summed E-state index contributed by atoms with van der Waals surface area (Å²) in [4.78, 5) is 28.6. The number of nitrogens with zero attached hydrogens (tertiary/aromatic N) is 2. The molecule has 0 spiro atoms. The molecule has 1 N–H and O–H groups in total. The molecule has 208 valence electrons. The molecule has 2 atom stereocenters. The van der Waals surface area contributed by atoms with Crippen molar-refractivity contribution >= 4 is 27.5 Å². The van der Waals surface area contributed by atoms with E-state index in [1.54, 1.807) is 68.6 Å². The number of methoxy groups -OCH3 is 1. The summed E-state index contributed by atoms with van der Waals surface area (Å²) in [5.41, 5.74) is 1.96. The third-order valence-corrected chi connectivity index (χ3v) is 8.34. The highest BCUT2D eigenvalue weighted by molar-refractivity contribution is 7.92. The van der Waals surface area contributed by atoms with E-state index in [1.165, 1.54) is 17.0 Å². The summed E-state index contributed by atoms with van der Waals surface area (Å²) < 4.78 is 34.0. The van der Waals surface area contributed by atoms with Gasteiger partial charge in [0.1, 0.15) is 18.3 Å². The van der Waals surface area contributed by atoms with Crippen molar-refractivity contribution in [1.82, 2.24) is 10.2 Å². The number of rotatable bonds is 12. The lowest BCUT2D eigenvalue weighted by molar-refractivity contribution is -0.139. The van der Waals surface area contributed by atoms with Crippen LogP contribution in [0, 0.1) is 6.92 Å². The van der Waals surface area contributed by atoms with Gasteiger partial charge in [-0.2, -0.15) is 0 Å². The fraction of sp³-hybridized carbons (Fsp3) is 0.333. The zero-order chi connectivity index (χ0) is 28.6. The number of hydrogen-bond donors (Lipinski definition) is 1. The van der Waals surface area contributed by atoms with E-state index >= 15 is 0 Å². The Kier molecular flexibility index (Phi) is 10.1. The van der Waals surface area contributed by atoms with Crippen molar-refractivity contribution in [1.29, 1.82) is 0 Å². The van der Waals surface area contributed by atoms with Crippen LogP contribution >= 0.6 is 0 Å². The Balaban J connectivity index is 2.02. The van der Waals surface area contributed by atoms with Crippen LogP contribution in [0.3, 0.4) is 0 Å². The zero-order valence-corrected chi connectivity index (χ0v) is 23.9. The fourth-order valence-electron chi connectivity index (χ4n) is 4.05. The van der Waals surface area contributed by atoms with Crippen LogP contribution in [0.25, 0.3) is 0 Å². The largest absolute Gasteiger partial charge is 0.497 e. The summed E-state index contributed by atoms with van der Waals surface area (Å²) in [5, 5.41) is 2.93. The number of benzene rings is 3. The first-order valence-corrected chi connectivity index (χ1v) is 14.4. The average Bonchev–Trinajstić information content (AvgIpc) is 2.94. The monoisotopic (exact) mass is 551 g/mol. The molecule has 9 heteroatoms. The molecule has 0 aliphatic carbocycles. The van der Waals surface area contributed by atoms with Crippen molar-refractivity contribution in [3.8, 4) is 5.75 Å². The molecular weight excluding hydrogens is 514 g/mol. The highest BCUT2D eigenvalue weighted by Gasteiger charge is 2.32. The van der Waals surface area contributed by atoms with Crippen LogP contribution < -0.4 is 14.4 Å². The van der Waals surface area contributed by atoms with Gasteiger partial charge in [0, 0.05) is 12.6 Å². The molecule has 39 heavy (non-hydrogen) atoms. The lowest BCUT2D eigenvalue weighted by Crippen LogP contribution is -2.52. The molecule has 0 unspecified atom stereocenters. The van der Waals surface area contributed by atoms with E-state index in [9.17, 15) is 18.0 Å². The quantitative estimate of drug-likeness (QED) is 0.357. The lowest BCUT2D eigenvalue weighted by Gasteiger charge is -2.32. The summed E-state index contributed by atoms with van der Waals surface area (Å²) in [7, 11) is -2.53. The van der Waals surface area contributed by atoms with Gasteiger partial charge in [0.05, 0.1) is 17.7 Å². The molecule has 0 bridgehead atoms. The Morgan fingerprint density at radius 1 is 0.949 bits per heavy atom. The Morgan fingerprint density at radius 3 is 2.28 bits per heavy atom. The highest BCUT2D eigenvalue weighted by Crippen LogP contribution is 2.25. The molecule has 0 aliphatic heterocycles. The van der Waals surface area contributed by atoms with Gasteiger partial charge < -0.3 is 15.0 Å². The lowest BCUT2D eigenvalue weighted by atomic mass is 10.1. The van der Waals surface area contributed by atoms with Crippen LogP contribution in [0.5, 0.6) is 5.75 Å². The Morgan fingerprint density at radius 2 is 1.64 bits per heavy atom. The van der Waals surface area contributed by atoms with Crippen LogP contribution in [0.1, 0.15) is 38.3 Å². The number of nitrogens with one attached hydrogen (secondary N) is 1.